The minimum Gasteiger partial charge on any atom is -0.321 e. The van der Waals surface area contributed by atoms with Gasteiger partial charge in [-0.25, -0.2) is 8.78 Å². The van der Waals surface area contributed by atoms with Gasteiger partial charge < -0.3 is 5.73 Å². The molecule has 0 radical (unpaired) electrons. The van der Waals surface area contributed by atoms with Crippen molar-refractivity contribution in [2.45, 2.75) is 44.6 Å². The van der Waals surface area contributed by atoms with Crippen molar-refractivity contribution in [1.82, 2.24) is 0 Å². The van der Waals surface area contributed by atoms with Gasteiger partial charge in [0, 0.05) is 11.1 Å². The molecule has 0 heterocycles. The van der Waals surface area contributed by atoms with Gasteiger partial charge in [-0.05, 0) is 36.8 Å². The molecule has 0 saturated heterocycles. The Morgan fingerprint density at radius 2 is 1.88 bits per heavy atom. The normalized spacial score (nSPS) is 18.6. The van der Waals surface area contributed by atoms with Crippen LogP contribution in [0.3, 0.4) is 0 Å². The minimum atomic E-state index is -0.780. The highest BCUT2D eigenvalue weighted by Crippen LogP contribution is 2.41. The molecule has 2 rings (SSSR count). The van der Waals surface area contributed by atoms with E-state index in [9.17, 15) is 8.78 Å². The van der Waals surface area contributed by atoms with E-state index in [4.69, 9.17) is 5.73 Å². The molecule has 0 amide bonds. The Bertz CT molecular complexity index is 409. The highest BCUT2D eigenvalue weighted by molar-refractivity contribution is 5.34. The molecule has 0 aromatic heterocycles. The lowest BCUT2D eigenvalue weighted by Crippen LogP contribution is -2.44. The fraction of sp³-hybridized carbons (Fsp3) is 0.538. The molecule has 1 aliphatic rings. The van der Waals surface area contributed by atoms with Crippen LogP contribution in [0.25, 0.3) is 0 Å². The van der Waals surface area contributed by atoms with Crippen molar-refractivity contribution < 1.29 is 8.78 Å². The van der Waals surface area contributed by atoms with Crippen LogP contribution in [0, 0.1) is 11.6 Å². The van der Waals surface area contributed by atoms with Gasteiger partial charge in [-0.2, -0.15) is 0 Å². The zero-order valence-corrected chi connectivity index (χ0v) is 9.69. The summed E-state index contributed by atoms with van der Waals surface area (Å²) in [5.41, 5.74) is 6.57. The van der Waals surface area contributed by atoms with Crippen molar-refractivity contribution in [2.75, 3.05) is 0 Å². The standard InChI is InChI=1S/C13H17F2N/c1-8(2)9-6-10(12(15)11(14)7-9)13(16)4-3-5-13/h6-8H,3-5,16H2,1-2H3. The van der Waals surface area contributed by atoms with Gasteiger partial charge in [0.05, 0.1) is 0 Å². The van der Waals surface area contributed by atoms with E-state index in [0.717, 1.165) is 24.8 Å². The number of hydrogen-bond acceptors (Lipinski definition) is 1. The number of halogens is 2. The van der Waals surface area contributed by atoms with Gasteiger partial charge in [-0.1, -0.05) is 19.9 Å². The first-order valence-electron chi connectivity index (χ1n) is 5.72. The maximum atomic E-state index is 13.7. The van der Waals surface area contributed by atoms with Crippen LogP contribution in [0.15, 0.2) is 12.1 Å². The Hall–Kier alpha value is -0.960. The van der Waals surface area contributed by atoms with Crippen LogP contribution in [0.5, 0.6) is 0 Å². The highest BCUT2D eigenvalue weighted by atomic mass is 19.2. The quantitative estimate of drug-likeness (QED) is 0.820. The Morgan fingerprint density at radius 3 is 2.31 bits per heavy atom. The van der Waals surface area contributed by atoms with E-state index >= 15 is 0 Å². The van der Waals surface area contributed by atoms with Gasteiger partial charge >= 0.3 is 0 Å². The third-order valence-electron chi connectivity index (χ3n) is 3.50. The van der Waals surface area contributed by atoms with E-state index in [0.29, 0.717) is 5.56 Å². The monoisotopic (exact) mass is 225 g/mol. The summed E-state index contributed by atoms with van der Waals surface area (Å²) >= 11 is 0. The lowest BCUT2D eigenvalue weighted by Gasteiger charge is -2.39. The number of rotatable bonds is 2. The largest absolute Gasteiger partial charge is 0.321 e. The molecule has 88 valence electrons. The molecule has 1 aromatic carbocycles. The SMILES string of the molecule is CC(C)c1cc(F)c(F)c(C2(N)CCC2)c1. The zero-order valence-electron chi connectivity index (χ0n) is 9.69. The first-order valence-corrected chi connectivity index (χ1v) is 5.72. The Balaban J connectivity index is 2.51. The number of nitrogens with two attached hydrogens (primary N) is 1. The Labute approximate surface area is 94.7 Å². The number of benzene rings is 1. The second-order valence-electron chi connectivity index (χ2n) is 5.03. The van der Waals surface area contributed by atoms with Gasteiger partial charge in [-0.3, -0.25) is 0 Å². The van der Waals surface area contributed by atoms with Crippen LogP contribution < -0.4 is 5.73 Å². The predicted molar refractivity (Wildman–Crippen MR) is 60.2 cm³/mol. The maximum absolute atomic E-state index is 13.7. The van der Waals surface area contributed by atoms with Crippen molar-refractivity contribution in [3.8, 4) is 0 Å². The third-order valence-corrected chi connectivity index (χ3v) is 3.50. The van der Waals surface area contributed by atoms with Gasteiger partial charge in [0.1, 0.15) is 0 Å². The van der Waals surface area contributed by atoms with E-state index in [1.807, 2.05) is 13.8 Å². The molecule has 0 aliphatic heterocycles. The number of hydrogen-bond donors (Lipinski definition) is 1. The topological polar surface area (TPSA) is 26.0 Å². The smallest absolute Gasteiger partial charge is 0.163 e. The van der Waals surface area contributed by atoms with E-state index in [2.05, 4.69) is 0 Å². The van der Waals surface area contributed by atoms with Crippen molar-refractivity contribution in [2.24, 2.45) is 5.73 Å². The summed E-state index contributed by atoms with van der Waals surface area (Å²) < 4.78 is 27.2. The van der Waals surface area contributed by atoms with Gasteiger partial charge in [0.15, 0.2) is 11.6 Å². The van der Waals surface area contributed by atoms with E-state index in [1.54, 1.807) is 6.07 Å². The van der Waals surface area contributed by atoms with Gasteiger partial charge in [-0.15, -0.1) is 0 Å². The van der Waals surface area contributed by atoms with E-state index in [1.165, 1.54) is 6.07 Å². The molecule has 0 unspecified atom stereocenters. The molecule has 1 fully saturated rings. The third kappa shape index (κ3) is 1.73. The molecule has 0 spiro atoms. The first kappa shape index (κ1) is 11.5. The molecule has 1 saturated carbocycles. The lowest BCUT2D eigenvalue weighted by atomic mass is 9.72. The average Bonchev–Trinajstić information content (AvgIpc) is 2.18. The lowest BCUT2D eigenvalue weighted by molar-refractivity contribution is 0.242. The van der Waals surface area contributed by atoms with Crippen molar-refractivity contribution in [3.63, 3.8) is 0 Å². The van der Waals surface area contributed by atoms with Crippen LogP contribution in [-0.2, 0) is 5.54 Å². The highest BCUT2D eigenvalue weighted by Gasteiger charge is 2.37. The molecular weight excluding hydrogens is 208 g/mol. The van der Waals surface area contributed by atoms with Crippen molar-refractivity contribution in [3.05, 3.63) is 34.9 Å². The van der Waals surface area contributed by atoms with E-state index in [-0.39, 0.29) is 5.92 Å². The first-order chi connectivity index (χ1) is 7.44. The molecule has 1 aliphatic carbocycles. The minimum absolute atomic E-state index is 0.178. The van der Waals surface area contributed by atoms with Crippen LogP contribution >= 0.6 is 0 Å². The summed E-state index contributed by atoms with van der Waals surface area (Å²) in [6, 6.07) is 2.99. The molecule has 2 N–H and O–H groups in total. The summed E-state index contributed by atoms with van der Waals surface area (Å²) in [6.45, 7) is 3.92. The molecular formula is C13H17F2N. The fourth-order valence-corrected chi connectivity index (χ4v) is 2.13. The molecule has 1 aromatic rings. The molecule has 16 heavy (non-hydrogen) atoms. The molecule has 3 heteroatoms. The summed E-state index contributed by atoms with van der Waals surface area (Å²) in [5, 5.41) is 0. The van der Waals surface area contributed by atoms with Crippen LogP contribution in [0.2, 0.25) is 0 Å². The maximum Gasteiger partial charge on any atom is 0.163 e. The van der Waals surface area contributed by atoms with Crippen LogP contribution in [0.1, 0.15) is 50.2 Å². The zero-order chi connectivity index (χ0) is 11.9. The predicted octanol–water partition coefficient (Wildman–Crippen LogP) is 3.43. The van der Waals surface area contributed by atoms with Crippen molar-refractivity contribution >= 4 is 0 Å². The van der Waals surface area contributed by atoms with E-state index < -0.39 is 17.2 Å². The fourth-order valence-electron chi connectivity index (χ4n) is 2.13. The summed E-state index contributed by atoms with van der Waals surface area (Å²) in [5.74, 6) is -1.37. The molecule has 0 bridgehead atoms. The van der Waals surface area contributed by atoms with Gasteiger partial charge in [0.2, 0.25) is 0 Å². The molecule has 0 atom stereocenters. The average molecular weight is 225 g/mol. The summed E-state index contributed by atoms with van der Waals surface area (Å²) in [4.78, 5) is 0. The van der Waals surface area contributed by atoms with Crippen LogP contribution in [0.4, 0.5) is 8.78 Å². The second-order valence-corrected chi connectivity index (χ2v) is 5.03. The summed E-state index contributed by atoms with van der Waals surface area (Å²) in [7, 11) is 0. The Kier molecular flexibility index (Phi) is 2.74. The van der Waals surface area contributed by atoms with Crippen molar-refractivity contribution in [1.29, 1.82) is 0 Å². The van der Waals surface area contributed by atoms with Gasteiger partial charge in [0.25, 0.3) is 0 Å². The molecule has 1 nitrogen and oxygen atoms in total. The Morgan fingerprint density at radius 1 is 1.25 bits per heavy atom. The second kappa shape index (κ2) is 3.81. The van der Waals surface area contributed by atoms with Crippen LogP contribution in [-0.4, -0.2) is 0 Å². The summed E-state index contributed by atoms with van der Waals surface area (Å²) in [6.07, 6.45) is 2.47.